The quantitative estimate of drug-likeness (QED) is 0.869. The molecule has 18 heavy (non-hydrogen) atoms. The first kappa shape index (κ1) is 13.8. The first-order valence-corrected chi connectivity index (χ1v) is 7.35. The highest BCUT2D eigenvalue weighted by molar-refractivity contribution is 9.10. The molecule has 2 N–H and O–H groups in total. The van der Waals surface area contributed by atoms with Crippen molar-refractivity contribution in [1.82, 2.24) is 4.90 Å². The van der Waals surface area contributed by atoms with Gasteiger partial charge in [-0.1, -0.05) is 15.9 Å². The molecule has 1 fully saturated rings. The summed E-state index contributed by atoms with van der Waals surface area (Å²) in [6.45, 7) is 6.00. The molecule has 0 saturated carbocycles. The molecular formula is C14H21BrN2O. The average molecular weight is 313 g/mol. The van der Waals surface area contributed by atoms with Gasteiger partial charge < -0.3 is 10.5 Å². The van der Waals surface area contributed by atoms with E-state index in [4.69, 9.17) is 10.5 Å². The van der Waals surface area contributed by atoms with Crippen molar-refractivity contribution >= 4 is 21.6 Å². The normalized spacial score (nSPS) is 21.1. The predicted molar refractivity (Wildman–Crippen MR) is 78.5 cm³/mol. The highest BCUT2D eigenvalue weighted by Crippen LogP contribution is 2.21. The number of piperidine rings is 1. The zero-order valence-corrected chi connectivity index (χ0v) is 12.4. The minimum Gasteiger partial charge on any atom is -0.399 e. The minimum absolute atomic E-state index is 0.397. The van der Waals surface area contributed by atoms with Gasteiger partial charge in [0.05, 0.1) is 6.10 Å². The van der Waals surface area contributed by atoms with Gasteiger partial charge in [0.25, 0.3) is 0 Å². The summed E-state index contributed by atoms with van der Waals surface area (Å²) in [5.74, 6) is 0. The monoisotopic (exact) mass is 312 g/mol. The lowest BCUT2D eigenvalue weighted by Gasteiger charge is -2.32. The Bertz CT molecular complexity index is 375. The van der Waals surface area contributed by atoms with Crippen LogP contribution < -0.4 is 5.73 Å². The van der Waals surface area contributed by atoms with Crippen LogP contribution in [0.25, 0.3) is 0 Å². The van der Waals surface area contributed by atoms with Gasteiger partial charge in [-0.2, -0.15) is 0 Å². The molecule has 0 spiro atoms. The first-order valence-electron chi connectivity index (χ1n) is 6.56. The molecule has 1 saturated heterocycles. The number of rotatable bonds is 4. The lowest BCUT2D eigenvalue weighted by Crippen LogP contribution is -2.39. The van der Waals surface area contributed by atoms with Crippen molar-refractivity contribution < 1.29 is 4.74 Å². The van der Waals surface area contributed by atoms with Crippen LogP contribution in [-0.4, -0.2) is 30.7 Å². The summed E-state index contributed by atoms with van der Waals surface area (Å²) in [6.07, 6.45) is 2.80. The van der Waals surface area contributed by atoms with Crippen LogP contribution >= 0.6 is 15.9 Å². The number of hydrogen-bond donors (Lipinski definition) is 1. The average Bonchev–Trinajstić information content (AvgIpc) is 2.28. The maximum absolute atomic E-state index is 5.87. The number of hydrogen-bond acceptors (Lipinski definition) is 3. The van der Waals surface area contributed by atoms with Crippen molar-refractivity contribution in [1.29, 1.82) is 0 Å². The van der Waals surface area contributed by atoms with Gasteiger partial charge in [-0.15, -0.1) is 0 Å². The topological polar surface area (TPSA) is 38.5 Å². The number of nitrogens with two attached hydrogens (primary N) is 1. The van der Waals surface area contributed by atoms with Gasteiger partial charge in [0, 0.05) is 29.9 Å². The second kappa shape index (κ2) is 6.55. The molecule has 0 bridgehead atoms. The Morgan fingerprint density at radius 1 is 1.44 bits per heavy atom. The molecule has 0 radical (unpaired) electrons. The number of likely N-dealkylation sites (tertiary alicyclic amines) is 1. The van der Waals surface area contributed by atoms with Crippen LogP contribution in [0.5, 0.6) is 0 Å². The summed E-state index contributed by atoms with van der Waals surface area (Å²) in [7, 11) is 0. The fourth-order valence-electron chi connectivity index (χ4n) is 2.55. The first-order chi connectivity index (χ1) is 8.67. The van der Waals surface area contributed by atoms with Crippen LogP contribution in [0.15, 0.2) is 22.7 Å². The standard InChI is InChI=1S/C14H21BrN2O/c1-2-18-14-4-3-5-17(10-14)9-11-6-12(15)8-13(16)7-11/h6-8,14H,2-5,9-10,16H2,1H3. The van der Waals surface area contributed by atoms with Crippen molar-refractivity contribution in [3.63, 3.8) is 0 Å². The number of anilines is 1. The van der Waals surface area contributed by atoms with Crippen LogP contribution in [0.1, 0.15) is 25.3 Å². The smallest absolute Gasteiger partial charge is 0.0702 e. The van der Waals surface area contributed by atoms with Gasteiger partial charge in [0.15, 0.2) is 0 Å². The molecular weight excluding hydrogens is 292 g/mol. The Hall–Kier alpha value is -0.580. The van der Waals surface area contributed by atoms with Crippen LogP contribution in [0, 0.1) is 0 Å². The van der Waals surface area contributed by atoms with Gasteiger partial charge >= 0.3 is 0 Å². The van der Waals surface area contributed by atoms with Gasteiger partial charge in [-0.3, -0.25) is 4.90 Å². The van der Waals surface area contributed by atoms with E-state index in [0.717, 1.165) is 36.4 Å². The van der Waals surface area contributed by atoms with Crippen molar-refractivity contribution in [3.8, 4) is 0 Å². The lowest BCUT2D eigenvalue weighted by atomic mass is 10.1. The predicted octanol–water partition coefficient (Wildman–Crippen LogP) is 3.03. The fraction of sp³-hybridized carbons (Fsp3) is 0.571. The van der Waals surface area contributed by atoms with Gasteiger partial charge in [-0.25, -0.2) is 0 Å². The van der Waals surface area contributed by atoms with Crippen LogP contribution in [0.4, 0.5) is 5.69 Å². The molecule has 0 aliphatic carbocycles. The van der Waals surface area contributed by atoms with Gasteiger partial charge in [0.1, 0.15) is 0 Å². The maximum Gasteiger partial charge on any atom is 0.0702 e. The van der Waals surface area contributed by atoms with E-state index in [1.54, 1.807) is 0 Å². The molecule has 4 heteroatoms. The van der Waals surface area contributed by atoms with Crippen LogP contribution in [0.3, 0.4) is 0 Å². The zero-order valence-electron chi connectivity index (χ0n) is 10.9. The number of benzene rings is 1. The Kier molecular flexibility index (Phi) is 5.03. The fourth-order valence-corrected chi connectivity index (χ4v) is 3.11. The Balaban J connectivity index is 1.95. The molecule has 100 valence electrons. The molecule has 1 unspecified atom stereocenters. The van der Waals surface area contributed by atoms with E-state index in [0.29, 0.717) is 6.10 Å². The second-order valence-electron chi connectivity index (χ2n) is 4.85. The SMILES string of the molecule is CCOC1CCCN(Cc2cc(N)cc(Br)c2)C1. The third-order valence-corrected chi connectivity index (χ3v) is 3.71. The van der Waals surface area contributed by atoms with Crippen LogP contribution in [0.2, 0.25) is 0 Å². The van der Waals surface area contributed by atoms with Crippen LogP contribution in [-0.2, 0) is 11.3 Å². The molecule has 1 atom stereocenters. The van der Waals surface area contributed by atoms with Crippen molar-refractivity contribution in [2.75, 3.05) is 25.4 Å². The molecule has 3 nitrogen and oxygen atoms in total. The van der Waals surface area contributed by atoms with Crippen molar-refractivity contribution in [2.24, 2.45) is 0 Å². The molecule has 2 rings (SSSR count). The summed E-state index contributed by atoms with van der Waals surface area (Å²) < 4.78 is 6.77. The zero-order chi connectivity index (χ0) is 13.0. The van der Waals surface area contributed by atoms with E-state index in [-0.39, 0.29) is 0 Å². The largest absolute Gasteiger partial charge is 0.399 e. The van der Waals surface area contributed by atoms with E-state index in [9.17, 15) is 0 Å². The molecule has 1 heterocycles. The Labute approximate surface area is 117 Å². The Morgan fingerprint density at radius 2 is 2.28 bits per heavy atom. The number of halogens is 1. The van der Waals surface area contributed by atoms with E-state index in [1.165, 1.54) is 18.4 Å². The lowest BCUT2D eigenvalue weighted by molar-refractivity contribution is 0.00363. The van der Waals surface area contributed by atoms with E-state index in [1.807, 2.05) is 6.07 Å². The second-order valence-corrected chi connectivity index (χ2v) is 5.76. The minimum atomic E-state index is 0.397. The summed E-state index contributed by atoms with van der Waals surface area (Å²) in [4.78, 5) is 2.45. The number of ether oxygens (including phenoxy) is 1. The Morgan fingerprint density at radius 3 is 3.00 bits per heavy atom. The number of nitrogens with zero attached hydrogens (tertiary/aromatic N) is 1. The van der Waals surface area contributed by atoms with Crippen molar-refractivity contribution in [2.45, 2.75) is 32.4 Å². The molecule has 0 amide bonds. The molecule has 1 aromatic rings. The third kappa shape index (κ3) is 3.97. The highest BCUT2D eigenvalue weighted by Gasteiger charge is 2.20. The highest BCUT2D eigenvalue weighted by atomic mass is 79.9. The van der Waals surface area contributed by atoms with Crippen molar-refractivity contribution in [3.05, 3.63) is 28.2 Å². The molecule has 1 aromatic carbocycles. The third-order valence-electron chi connectivity index (χ3n) is 3.25. The summed E-state index contributed by atoms with van der Waals surface area (Å²) >= 11 is 3.49. The molecule has 1 aliphatic rings. The van der Waals surface area contributed by atoms with E-state index in [2.05, 4.69) is 39.9 Å². The van der Waals surface area contributed by atoms with Gasteiger partial charge in [-0.05, 0) is 50.1 Å². The molecule has 0 aromatic heterocycles. The van der Waals surface area contributed by atoms with E-state index >= 15 is 0 Å². The summed E-state index contributed by atoms with van der Waals surface area (Å²) in [6, 6.07) is 6.12. The maximum atomic E-state index is 5.87. The summed E-state index contributed by atoms with van der Waals surface area (Å²) in [5.41, 5.74) is 7.95. The summed E-state index contributed by atoms with van der Waals surface area (Å²) in [5, 5.41) is 0. The van der Waals surface area contributed by atoms with E-state index < -0.39 is 0 Å². The number of nitrogen functional groups attached to an aromatic ring is 1. The van der Waals surface area contributed by atoms with Gasteiger partial charge in [0.2, 0.25) is 0 Å². The molecule has 1 aliphatic heterocycles.